The molecular weight excluding hydrogens is 338 g/mol. The molecule has 2 aromatic carbocycles. The smallest absolute Gasteiger partial charge is 0.379 e. The Morgan fingerprint density at radius 2 is 1.76 bits per heavy atom. The van der Waals surface area contributed by atoms with E-state index in [1.54, 1.807) is 36.4 Å². The van der Waals surface area contributed by atoms with Gasteiger partial charge in [0.2, 0.25) is 5.76 Å². The van der Waals surface area contributed by atoms with Gasteiger partial charge in [0.25, 0.3) is 0 Å². The number of hydrogen-bond acceptors (Lipinski definition) is 6. The molecule has 6 heteroatoms. The highest BCUT2D eigenvalue weighted by Gasteiger charge is 2.18. The lowest BCUT2D eigenvalue weighted by molar-refractivity contribution is 0.0697. The molecule has 0 spiro atoms. The van der Waals surface area contributed by atoms with E-state index in [4.69, 9.17) is 13.9 Å². The Morgan fingerprint density at radius 1 is 1.00 bits per heavy atom. The predicted octanol–water partition coefficient (Wildman–Crippen LogP) is 4.78. The van der Waals surface area contributed by atoms with Crippen LogP contribution in [0.5, 0.6) is 11.5 Å². The molecule has 0 saturated carbocycles. The largest absolute Gasteiger partial charge is 0.493 e. The number of esters is 1. The van der Waals surface area contributed by atoms with Crippen LogP contribution in [0.25, 0.3) is 21.0 Å². The van der Waals surface area contributed by atoms with Gasteiger partial charge in [0.05, 0.1) is 17.3 Å². The number of furan rings is 1. The van der Waals surface area contributed by atoms with Crippen molar-refractivity contribution in [2.24, 2.45) is 0 Å². The Balaban J connectivity index is 1.59. The van der Waals surface area contributed by atoms with E-state index in [1.807, 2.05) is 24.3 Å². The second-order valence-corrected chi connectivity index (χ2v) is 6.22. The third-order valence-electron chi connectivity index (χ3n) is 3.58. The van der Waals surface area contributed by atoms with Crippen LogP contribution in [0.3, 0.4) is 0 Å². The minimum Gasteiger partial charge on any atom is -0.493 e. The molecular formula is C19H13NO4S. The Labute approximate surface area is 147 Å². The maximum Gasteiger partial charge on any atom is 0.379 e. The average Bonchev–Trinajstić information content (AvgIpc) is 3.29. The standard InChI is InChI=1S/C19H13NO4S/c1-22-13-7-3-4-8-14(13)24-19(21)16-11-10-15(23-16)18-20-12-6-2-5-9-17(12)25-18/h2-11H,1H3. The van der Waals surface area contributed by atoms with Crippen molar-refractivity contribution in [3.8, 4) is 22.3 Å². The molecule has 4 aromatic rings. The van der Waals surface area contributed by atoms with Gasteiger partial charge in [0, 0.05) is 0 Å². The molecule has 0 amide bonds. The van der Waals surface area contributed by atoms with Gasteiger partial charge in [-0.05, 0) is 36.4 Å². The van der Waals surface area contributed by atoms with E-state index < -0.39 is 5.97 Å². The predicted molar refractivity (Wildman–Crippen MR) is 95.3 cm³/mol. The van der Waals surface area contributed by atoms with Gasteiger partial charge in [-0.1, -0.05) is 24.3 Å². The van der Waals surface area contributed by atoms with E-state index in [0.717, 1.165) is 15.2 Å². The normalized spacial score (nSPS) is 10.8. The number of thiazole rings is 1. The molecule has 0 bridgehead atoms. The van der Waals surface area contributed by atoms with E-state index in [9.17, 15) is 4.79 Å². The van der Waals surface area contributed by atoms with Crippen molar-refractivity contribution in [3.05, 3.63) is 66.4 Å². The number of para-hydroxylation sites is 3. The molecule has 0 radical (unpaired) electrons. The van der Waals surface area contributed by atoms with Crippen LogP contribution in [0.15, 0.2) is 65.1 Å². The van der Waals surface area contributed by atoms with E-state index in [1.165, 1.54) is 18.4 Å². The summed E-state index contributed by atoms with van der Waals surface area (Å²) in [7, 11) is 1.52. The van der Waals surface area contributed by atoms with Gasteiger partial charge in [0.15, 0.2) is 22.3 Å². The molecule has 0 unspecified atom stereocenters. The summed E-state index contributed by atoms with van der Waals surface area (Å²) in [6, 6.07) is 18.1. The van der Waals surface area contributed by atoms with Gasteiger partial charge >= 0.3 is 5.97 Å². The number of carbonyl (C=O) groups excluding carboxylic acids is 1. The number of carbonyl (C=O) groups is 1. The highest BCUT2D eigenvalue weighted by Crippen LogP contribution is 2.32. The van der Waals surface area contributed by atoms with Crippen molar-refractivity contribution < 1.29 is 18.7 Å². The van der Waals surface area contributed by atoms with Crippen LogP contribution in [0.2, 0.25) is 0 Å². The number of fused-ring (bicyclic) bond motifs is 1. The maximum absolute atomic E-state index is 12.3. The number of hydrogen-bond donors (Lipinski definition) is 0. The SMILES string of the molecule is COc1ccccc1OC(=O)c1ccc(-c2nc3ccccc3s2)o1. The molecule has 2 heterocycles. The number of ether oxygens (including phenoxy) is 2. The zero-order valence-corrected chi connectivity index (χ0v) is 14.1. The van der Waals surface area contributed by atoms with Crippen LogP contribution in [0.1, 0.15) is 10.6 Å². The van der Waals surface area contributed by atoms with Crippen molar-refractivity contribution >= 4 is 27.5 Å². The van der Waals surface area contributed by atoms with Crippen molar-refractivity contribution in [3.63, 3.8) is 0 Å². The van der Waals surface area contributed by atoms with Crippen LogP contribution in [0, 0.1) is 0 Å². The molecule has 2 aromatic heterocycles. The average molecular weight is 351 g/mol. The number of nitrogens with zero attached hydrogens (tertiary/aromatic N) is 1. The van der Waals surface area contributed by atoms with Crippen LogP contribution in [-0.2, 0) is 0 Å². The molecule has 4 rings (SSSR count). The number of benzene rings is 2. The third-order valence-corrected chi connectivity index (χ3v) is 4.63. The van der Waals surface area contributed by atoms with Gasteiger partial charge in [-0.3, -0.25) is 0 Å². The lowest BCUT2D eigenvalue weighted by Gasteiger charge is -2.07. The molecule has 0 aliphatic carbocycles. The summed E-state index contributed by atoms with van der Waals surface area (Å²) in [6.45, 7) is 0. The zero-order valence-electron chi connectivity index (χ0n) is 13.3. The van der Waals surface area contributed by atoms with Crippen molar-refractivity contribution in [2.75, 3.05) is 7.11 Å². The molecule has 0 N–H and O–H groups in total. The first-order valence-electron chi connectivity index (χ1n) is 7.55. The van der Waals surface area contributed by atoms with Gasteiger partial charge in [-0.25, -0.2) is 9.78 Å². The Kier molecular flexibility index (Phi) is 3.95. The highest BCUT2D eigenvalue weighted by molar-refractivity contribution is 7.21. The van der Waals surface area contributed by atoms with Crippen molar-refractivity contribution in [1.82, 2.24) is 4.98 Å². The Bertz CT molecular complexity index is 1020. The van der Waals surface area contributed by atoms with Gasteiger partial charge < -0.3 is 13.9 Å². The molecule has 0 saturated heterocycles. The summed E-state index contributed by atoms with van der Waals surface area (Å²) >= 11 is 1.51. The van der Waals surface area contributed by atoms with E-state index in [0.29, 0.717) is 17.3 Å². The number of methoxy groups -OCH3 is 1. The lowest BCUT2D eigenvalue weighted by Crippen LogP contribution is -2.08. The summed E-state index contributed by atoms with van der Waals surface area (Å²) < 4.78 is 17.2. The van der Waals surface area contributed by atoms with Crippen LogP contribution in [0.4, 0.5) is 0 Å². The molecule has 0 aliphatic rings. The first-order chi connectivity index (χ1) is 12.2. The Hall–Kier alpha value is -3.12. The quantitative estimate of drug-likeness (QED) is 0.391. The van der Waals surface area contributed by atoms with Crippen molar-refractivity contribution in [2.45, 2.75) is 0 Å². The summed E-state index contributed by atoms with van der Waals surface area (Å²) in [5, 5.41) is 0.720. The van der Waals surface area contributed by atoms with Crippen LogP contribution < -0.4 is 9.47 Å². The number of rotatable bonds is 4. The second-order valence-electron chi connectivity index (χ2n) is 5.19. The van der Waals surface area contributed by atoms with Gasteiger partial charge in [-0.15, -0.1) is 11.3 Å². The van der Waals surface area contributed by atoms with E-state index >= 15 is 0 Å². The van der Waals surface area contributed by atoms with Gasteiger partial charge in [0.1, 0.15) is 0 Å². The van der Waals surface area contributed by atoms with E-state index in [2.05, 4.69) is 4.98 Å². The fraction of sp³-hybridized carbons (Fsp3) is 0.0526. The third kappa shape index (κ3) is 2.99. The first kappa shape index (κ1) is 15.4. The highest BCUT2D eigenvalue weighted by atomic mass is 32.1. The molecule has 25 heavy (non-hydrogen) atoms. The fourth-order valence-electron chi connectivity index (χ4n) is 2.39. The second kappa shape index (κ2) is 6.41. The summed E-state index contributed by atoms with van der Waals surface area (Å²) in [5.74, 6) is 0.881. The maximum atomic E-state index is 12.3. The minimum absolute atomic E-state index is 0.111. The molecule has 5 nitrogen and oxygen atoms in total. The number of aromatic nitrogens is 1. The molecule has 0 atom stereocenters. The first-order valence-corrected chi connectivity index (χ1v) is 8.37. The zero-order chi connectivity index (χ0) is 17.2. The van der Waals surface area contributed by atoms with Crippen LogP contribution >= 0.6 is 11.3 Å². The molecule has 0 aliphatic heterocycles. The van der Waals surface area contributed by atoms with E-state index in [-0.39, 0.29) is 5.76 Å². The summed E-state index contributed by atoms with van der Waals surface area (Å²) in [5.41, 5.74) is 0.900. The lowest BCUT2D eigenvalue weighted by atomic mass is 10.3. The molecule has 124 valence electrons. The topological polar surface area (TPSA) is 61.6 Å². The monoisotopic (exact) mass is 351 g/mol. The minimum atomic E-state index is -0.586. The van der Waals surface area contributed by atoms with Crippen LogP contribution in [-0.4, -0.2) is 18.1 Å². The fourth-order valence-corrected chi connectivity index (χ4v) is 3.32. The molecule has 0 fully saturated rings. The van der Waals surface area contributed by atoms with Gasteiger partial charge in [-0.2, -0.15) is 0 Å². The Morgan fingerprint density at radius 3 is 2.56 bits per heavy atom. The summed E-state index contributed by atoms with van der Waals surface area (Å²) in [4.78, 5) is 16.8. The summed E-state index contributed by atoms with van der Waals surface area (Å²) in [6.07, 6.45) is 0. The van der Waals surface area contributed by atoms with Crippen molar-refractivity contribution in [1.29, 1.82) is 0 Å².